The molecule has 0 unspecified atom stereocenters. The minimum atomic E-state index is -0.443. The molecule has 6 nitrogen and oxygen atoms in total. The van der Waals surface area contributed by atoms with E-state index in [1.54, 1.807) is 30.3 Å². The van der Waals surface area contributed by atoms with E-state index < -0.39 is 5.82 Å². The van der Waals surface area contributed by atoms with Crippen LogP contribution in [0.5, 0.6) is 0 Å². The van der Waals surface area contributed by atoms with Gasteiger partial charge >= 0.3 is 0 Å². The molecule has 29 heavy (non-hydrogen) atoms. The van der Waals surface area contributed by atoms with E-state index in [0.717, 1.165) is 31.1 Å². The summed E-state index contributed by atoms with van der Waals surface area (Å²) in [6.07, 6.45) is 0. The van der Waals surface area contributed by atoms with Crippen LogP contribution in [-0.2, 0) is 9.59 Å². The first-order valence-corrected chi connectivity index (χ1v) is 10.1. The second-order valence-electron chi connectivity index (χ2n) is 7.30. The van der Waals surface area contributed by atoms with E-state index in [4.69, 9.17) is 11.6 Å². The van der Waals surface area contributed by atoms with Crippen molar-refractivity contribution < 1.29 is 23.8 Å². The van der Waals surface area contributed by atoms with Crippen molar-refractivity contribution in [1.29, 1.82) is 0 Å². The maximum atomic E-state index is 13.7. The second kappa shape index (κ2) is 9.82. The number of para-hydroxylation sites is 2. The fraction of sp³-hybridized carbons (Fsp3) is 0.333. The normalized spacial score (nSPS) is 20.0. The van der Waals surface area contributed by atoms with Crippen LogP contribution in [0, 0.1) is 5.82 Å². The topological polar surface area (TPSA) is 67.1 Å². The van der Waals surface area contributed by atoms with Crippen molar-refractivity contribution in [3.05, 3.63) is 59.4 Å². The van der Waals surface area contributed by atoms with Crippen LogP contribution in [0.4, 0.5) is 15.8 Å². The van der Waals surface area contributed by atoms with E-state index in [1.165, 1.54) is 11.0 Å². The molecule has 1 saturated heterocycles. The van der Waals surface area contributed by atoms with Gasteiger partial charge in [-0.25, -0.2) is 4.39 Å². The average Bonchev–Trinajstić information content (AvgIpc) is 2.71. The molecule has 0 saturated carbocycles. The number of hydrogen-bond acceptors (Lipinski definition) is 2. The van der Waals surface area contributed by atoms with Crippen molar-refractivity contribution in [1.82, 2.24) is 0 Å². The van der Waals surface area contributed by atoms with Crippen molar-refractivity contribution in [3.63, 3.8) is 0 Å². The predicted molar refractivity (Wildman–Crippen MR) is 111 cm³/mol. The summed E-state index contributed by atoms with van der Waals surface area (Å²) in [4.78, 5) is 27.1. The molecule has 8 heteroatoms. The van der Waals surface area contributed by atoms with Gasteiger partial charge in [-0.3, -0.25) is 9.59 Å². The zero-order valence-corrected chi connectivity index (χ0v) is 17.1. The highest BCUT2D eigenvalue weighted by Crippen LogP contribution is 2.19. The van der Waals surface area contributed by atoms with E-state index in [9.17, 15) is 14.0 Å². The standard InChI is InChI=1S/C21H24ClFN4O2/c1-15(21(29)25-19-9-5-3-7-17(19)23)27-12-10-26(11-13-27)14-20(28)24-18-8-4-2-6-16(18)22/h2-9,15H,10-14H2,1H3,(H,24,28)(H,25,29)/p+2/t15-/m0/s1. The van der Waals surface area contributed by atoms with Gasteiger partial charge < -0.3 is 20.4 Å². The Morgan fingerprint density at radius 2 is 1.62 bits per heavy atom. The van der Waals surface area contributed by atoms with Crippen molar-refractivity contribution in [3.8, 4) is 0 Å². The Bertz CT molecular complexity index is 871. The van der Waals surface area contributed by atoms with E-state index in [1.807, 2.05) is 19.1 Å². The van der Waals surface area contributed by atoms with E-state index in [2.05, 4.69) is 10.6 Å². The van der Waals surface area contributed by atoms with Gasteiger partial charge in [-0.05, 0) is 31.2 Å². The van der Waals surface area contributed by atoms with Crippen LogP contribution in [0.3, 0.4) is 0 Å². The smallest absolute Gasteiger partial charge is 0.282 e. The van der Waals surface area contributed by atoms with Gasteiger partial charge in [0.05, 0.1) is 16.4 Å². The third kappa shape index (κ3) is 5.76. The summed E-state index contributed by atoms with van der Waals surface area (Å²) in [7, 11) is 0. The van der Waals surface area contributed by atoms with Gasteiger partial charge in [0, 0.05) is 0 Å². The molecule has 154 valence electrons. The predicted octanol–water partition coefficient (Wildman–Crippen LogP) is 0.228. The lowest BCUT2D eigenvalue weighted by Gasteiger charge is -2.32. The molecule has 1 atom stereocenters. The van der Waals surface area contributed by atoms with Gasteiger partial charge in [-0.1, -0.05) is 35.9 Å². The Balaban J connectivity index is 1.46. The third-order valence-corrected chi connectivity index (χ3v) is 5.62. The first-order chi connectivity index (χ1) is 13.9. The first-order valence-electron chi connectivity index (χ1n) is 9.72. The van der Waals surface area contributed by atoms with Crippen LogP contribution in [-0.4, -0.2) is 50.6 Å². The highest BCUT2D eigenvalue weighted by atomic mass is 35.5. The quantitative estimate of drug-likeness (QED) is 0.540. The molecule has 0 aliphatic carbocycles. The maximum Gasteiger partial charge on any atom is 0.282 e. The molecular formula is C21H26ClFN4O2+2. The lowest BCUT2D eigenvalue weighted by Crippen LogP contribution is -3.30. The highest BCUT2D eigenvalue weighted by Gasteiger charge is 2.32. The van der Waals surface area contributed by atoms with Crippen LogP contribution < -0.4 is 20.4 Å². The van der Waals surface area contributed by atoms with Gasteiger partial charge in [-0.15, -0.1) is 0 Å². The van der Waals surface area contributed by atoms with Crippen LogP contribution in [0.25, 0.3) is 0 Å². The summed E-state index contributed by atoms with van der Waals surface area (Å²) in [6.45, 7) is 5.29. The molecule has 2 aromatic carbocycles. The van der Waals surface area contributed by atoms with Crippen molar-refractivity contribution in [2.24, 2.45) is 0 Å². The molecular weight excluding hydrogens is 395 g/mol. The Kier molecular flexibility index (Phi) is 7.19. The molecule has 2 aromatic rings. The monoisotopic (exact) mass is 420 g/mol. The summed E-state index contributed by atoms with van der Waals surface area (Å²) in [5.74, 6) is -0.728. The molecule has 1 heterocycles. The molecule has 1 aliphatic heterocycles. The van der Waals surface area contributed by atoms with Crippen LogP contribution in [0.15, 0.2) is 48.5 Å². The summed E-state index contributed by atoms with van der Waals surface area (Å²) >= 11 is 6.08. The van der Waals surface area contributed by atoms with E-state index >= 15 is 0 Å². The number of quaternary nitrogens is 2. The Labute approximate surface area is 174 Å². The molecule has 1 fully saturated rings. The molecule has 0 radical (unpaired) electrons. The molecule has 1 aliphatic rings. The van der Waals surface area contributed by atoms with Gasteiger partial charge in [-0.2, -0.15) is 0 Å². The minimum Gasteiger partial charge on any atom is -0.320 e. The highest BCUT2D eigenvalue weighted by molar-refractivity contribution is 6.33. The average molecular weight is 421 g/mol. The number of benzene rings is 2. The van der Waals surface area contributed by atoms with Gasteiger partial charge in [0.25, 0.3) is 11.8 Å². The number of anilines is 2. The first kappa shape index (κ1) is 21.2. The van der Waals surface area contributed by atoms with Crippen molar-refractivity contribution in [2.45, 2.75) is 13.0 Å². The fourth-order valence-corrected chi connectivity index (χ4v) is 3.69. The zero-order chi connectivity index (χ0) is 20.8. The Morgan fingerprint density at radius 1 is 1.00 bits per heavy atom. The van der Waals surface area contributed by atoms with Gasteiger partial charge in [0.1, 0.15) is 32.0 Å². The van der Waals surface area contributed by atoms with Gasteiger partial charge in [0.15, 0.2) is 12.6 Å². The number of carbonyl (C=O) groups excluding carboxylic acids is 2. The molecule has 0 bridgehead atoms. The Hall–Kier alpha value is -2.48. The minimum absolute atomic E-state index is 0.0816. The summed E-state index contributed by atoms with van der Waals surface area (Å²) in [6, 6.07) is 13.0. The fourth-order valence-electron chi connectivity index (χ4n) is 3.51. The maximum absolute atomic E-state index is 13.7. The second-order valence-corrected chi connectivity index (χ2v) is 7.71. The van der Waals surface area contributed by atoms with Crippen LogP contribution in [0.1, 0.15) is 6.92 Å². The summed E-state index contributed by atoms with van der Waals surface area (Å²) in [5, 5.41) is 6.02. The number of amides is 2. The van der Waals surface area contributed by atoms with Crippen LogP contribution in [0.2, 0.25) is 5.02 Å². The Morgan fingerprint density at radius 3 is 2.28 bits per heavy atom. The largest absolute Gasteiger partial charge is 0.320 e. The van der Waals surface area contributed by atoms with Gasteiger partial charge in [0.2, 0.25) is 0 Å². The lowest BCUT2D eigenvalue weighted by molar-refractivity contribution is -1.01. The van der Waals surface area contributed by atoms with E-state index in [0.29, 0.717) is 17.3 Å². The van der Waals surface area contributed by atoms with Crippen molar-refractivity contribution >= 4 is 34.8 Å². The number of hydrogen-bond donors (Lipinski definition) is 4. The number of halogens is 2. The molecule has 3 rings (SSSR count). The summed E-state index contributed by atoms with van der Waals surface area (Å²) in [5.41, 5.74) is 0.811. The molecule has 4 N–H and O–H groups in total. The molecule has 0 aromatic heterocycles. The number of nitrogens with one attached hydrogen (secondary N) is 4. The molecule has 2 amide bonds. The summed E-state index contributed by atoms with van der Waals surface area (Å²) < 4.78 is 13.7. The SMILES string of the molecule is C[C@@H](C(=O)Nc1ccccc1F)[NH+]1CC[NH+](CC(=O)Nc2ccccc2Cl)CC1. The third-order valence-electron chi connectivity index (χ3n) is 5.30. The van der Waals surface area contributed by atoms with Crippen LogP contribution >= 0.6 is 11.6 Å². The number of piperazine rings is 1. The number of rotatable bonds is 6. The van der Waals surface area contributed by atoms with E-state index in [-0.39, 0.29) is 23.5 Å². The number of carbonyl (C=O) groups is 2. The zero-order valence-electron chi connectivity index (χ0n) is 16.3. The molecule has 0 spiro atoms. The van der Waals surface area contributed by atoms with Crippen molar-refractivity contribution in [2.75, 3.05) is 43.4 Å². The lowest BCUT2D eigenvalue weighted by atomic mass is 10.2.